The van der Waals surface area contributed by atoms with E-state index in [4.69, 9.17) is 9.47 Å². The molecule has 0 aliphatic carbocycles. The topological polar surface area (TPSA) is 83.9 Å². The first-order valence-corrected chi connectivity index (χ1v) is 8.31. The van der Waals surface area contributed by atoms with Gasteiger partial charge in [-0.1, -0.05) is 12.1 Å². The molecule has 0 spiro atoms. The van der Waals surface area contributed by atoms with Crippen LogP contribution in [0.25, 0.3) is 0 Å². The number of benzene rings is 1. The molecule has 3 rings (SSSR count). The van der Waals surface area contributed by atoms with Gasteiger partial charge in [0.05, 0.1) is 25.4 Å². The molecule has 0 radical (unpaired) electrons. The lowest BCUT2D eigenvalue weighted by atomic mass is 10.2. The zero-order valence-electron chi connectivity index (χ0n) is 14.3. The first-order chi connectivity index (χ1) is 12.6. The van der Waals surface area contributed by atoms with Crippen molar-refractivity contribution in [3.05, 3.63) is 48.4 Å². The molecule has 26 heavy (non-hydrogen) atoms. The molecular weight excluding hydrogens is 341 g/mol. The fourth-order valence-corrected chi connectivity index (χ4v) is 2.74. The van der Waals surface area contributed by atoms with E-state index in [1.807, 2.05) is 6.92 Å². The van der Waals surface area contributed by atoms with Gasteiger partial charge in [-0.15, -0.1) is 0 Å². The van der Waals surface area contributed by atoms with Gasteiger partial charge in [0.25, 0.3) is 0 Å². The third-order valence-corrected chi connectivity index (χ3v) is 4.08. The van der Waals surface area contributed by atoms with Crippen molar-refractivity contribution in [2.45, 2.75) is 19.1 Å². The van der Waals surface area contributed by atoms with Gasteiger partial charge in [-0.25, -0.2) is 14.2 Å². The maximum Gasteiger partial charge on any atom is 0.322 e. The number of halogens is 1. The minimum atomic E-state index is -0.733. The van der Waals surface area contributed by atoms with E-state index < -0.39 is 24.0 Å². The molecule has 8 heteroatoms. The second-order valence-electron chi connectivity index (χ2n) is 5.78. The highest BCUT2D eigenvalue weighted by Gasteiger charge is 2.34. The van der Waals surface area contributed by atoms with E-state index in [1.165, 1.54) is 23.2 Å². The lowest BCUT2D eigenvalue weighted by Gasteiger charge is -2.29. The number of aromatic nitrogens is 1. The Labute approximate surface area is 150 Å². The van der Waals surface area contributed by atoms with Crippen molar-refractivity contribution in [1.29, 1.82) is 0 Å². The van der Waals surface area contributed by atoms with E-state index >= 15 is 0 Å². The number of nitrogens with zero attached hydrogens (tertiary/aromatic N) is 2. The monoisotopic (exact) mass is 361 g/mol. The minimum Gasteiger partial charge on any atom is -0.434 e. The van der Waals surface area contributed by atoms with Crippen LogP contribution in [0.4, 0.5) is 14.9 Å². The lowest BCUT2D eigenvalue weighted by Crippen LogP contribution is -2.48. The maximum absolute atomic E-state index is 13.8. The van der Waals surface area contributed by atoms with E-state index in [9.17, 15) is 14.3 Å². The zero-order chi connectivity index (χ0) is 18.5. The quantitative estimate of drug-likeness (QED) is 0.855. The van der Waals surface area contributed by atoms with Crippen molar-refractivity contribution in [3.8, 4) is 11.6 Å². The molecule has 0 saturated carbocycles. The molecule has 7 nitrogen and oxygen atoms in total. The summed E-state index contributed by atoms with van der Waals surface area (Å²) in [7, 11) is 0. The number of ether oxygens (including phenoxy) is 2. The number of carbonyl (C=O) groups excluding carboxylic acids is 1. The van der Waals surface area contributed by atoms with Gasteiger partial charge < -0.3 is 24.8 Å². The number of nitrogens with one attached hydrogen (secondary N) is 1. The molecule has 2 atom stereocenters. The van der Waals surface area contributed by atoms with Gasteiger partial charge in [0.15, 0.2) is 11.6 Å². The first kappa shape index (κ1) is 18.1. The van der Waals surface area contributed by atoms with Crippen molar-refractivity contribution < 1.29 is 23.8 Å². The highest BCUT2D eigenvalue weighted by Crippen LogP contribution is 2.29. The number of aliphatic hydroxyl groups excluding tert-OH is 1. The van der Waals surface area contributed by atoms with Crippen LogP contribution in [0.2, 0.25) is 0 Å². The largest absolute Gasteiger partial charge is 0.434 e. The Morgan fingerprint density at radius 1 is 1.38 bits per heavy atom. The van der Waals surface area contributed by atoms with Gasteiger partial charge in [0, 0.05) is 12.7 Å². The van der Waals surface area contributed by atoms with Crippen LogP contribution < -0.4 is 10.1 Å². The number of hydrogen-bond donors (Lipinski definition) is 2. The van der Waals surface area contributed by atoms with E-state index in [1.54, 1.807) is 24.3 Å². The summed E-state index contributed by atoms with van der Waals surface area (Å²) >= 11 is 0. The number of rotatable bonds is 5. The zero-order valence-corrected chi connectivity index (χ0v) is 14.3. The van der Waals surface area contributed by atoms with E-state index in [-0.39, 0.29) is 24.8 Å². The smallest absolute Gasteiger partial charge is 0.322 e. The second kappa shape index (κ2) is 8.11. The molecular formula is C18H20FN3O4. The van der Waals surface area contributed by atoms with Gasteiger partial charge >= 0.3 is 6.03 Å². The molecule has 2 heterocycles. The molecule has 138 valence electrons. The average Bonchev–Trinajstić information content (AvgIpc) is 3.05. The number of pyridine rings is 1. The highest BCUT2D eigenvalue weighted by atomic mass is 19.1. The Kier molecular flexibility index (Phi) is 5.65. The van der Waals surface area contributed by atoms with Crippen LogP contribution in [0, 0.1) is 5.82 Å². The Morgan fingerprint density at radius 2 is 2.19 bits per heavy atom. The van der Waals surface area contributed by atoms with E-state index in [0.717, 1.165) is 0 Å². The SMILES string of the molecule is CCN(C(=O)Nc1cccnc1Oc1ccccc1F)[C@H]1COC[C@@H]1O. The highest BCUT2D eigenvalue weighted by molar-refractivity contribution is 5.90. The third-order valence-electron chi connectivity index (χ3n) is 4.08. The number of likely N-dealkylation sites (N-methyl/N-ethyl adjacent to an activating group) is 1. The summed E-state index contributed by atoms with van der Waals surface area (Å²) in [4.78, 5) is 18.2. The summed E-state index contributed by atoms with van der Waals surface area (Å²) in [5, 5.41) is 12.7. The van der Waals surface area contributed by atoms with Crippen LogP contribution in [0.3, 0.4) is 0 Å². The number of anilines is 1. The van der Waals surface area contributed by atoms with Crippen molar-refractivity contribution in [3.63, 3.8) is 0 Å². The summed E-state index contributed by atoms with van der Waals surface area (Å²) in [6, 6.07) is 8.33. The van der Waals surface area contributed by atoms with Crippen LogP contribution in [0.5, 0.6) is 11.6 Å². The first-order valence-electron chi connectivity index (χ1n) is 8.31. The van der Waals surface area contributed by atoms with Crippen molar-refractivity contribution >= 4 is 11.7 Å². The average molecular weight is 361 g/mol. The summed E-state index contributed by atoms with van der Waals surface area (Å²) in [5.74, 6) is -0.448. The number of amides is 2. The minimum absolute atomic E-state index is 0.00802. The lowest BCUT2D eigenvalue weighted by molar-refractivity contribution is 0.1000. The van der Waals surface area contributed by atoms with Crippen molar-refractivity contribution in [2.75, 3.05) is 25.1 Å². The number of aliphatic hydroxyl groups is 1. The molecule has 1 aliphatic heterocycles. The van der Waals surface area contributed by atoms with E-state index in [0.29, 0.717) is 12.2 Å². The van der Waals surface area contributed by atoms with Gasteiger partial charge in [-0.2, -0.15) is 0 Å². The maximum atomic E-state index is 13.8. The normalized spacial score (nSPS) is 19.2. The number of para-hydroxylation sites is 1. The number of carbonyl (C=O) groups is 1. The summed E-state index contributed by atoms with van der Waals surface area (Å²) in [5.41, 5.74) is 0.299. The van der Waals surface area contributed by atoms with Crippen LogP contribution in [-0.4, -0.2) is 52.9 Å². The number of hydrogen-bond acceptors (Lipinski definition) is 5. The molecule has 1 fully saturated rings. The van der Waals surface area contributed by atoms with Crippen LogP contribution >= 0.6 is 0 Å². The molecule has 0 bridgehead atoms. The Hall–Kier alpha value is -2.71. The van der Waals surface area contributed by atoms with Gasteiger partial charge in [-0.3, -0.25) is 0 Å². The standard InChI is InChI=1S/C18H20FN3O4/c1-2-22(14-10-25-11-15(14)23)18(24)21-13-7-5-9-20-17(13)26-16-8-4-3-6-12(16)19/h3-9,14-15,23H,2,10-11H2,1H3,(H,21,24)/t14-,15-/m0/s1. The Bertz CT molecular complexity index is 774. The van der Waals surface area contributed by atoms with Crippen LogP contribution in [0.15, 0.2) is 42.6 Å². The summed E-state index contributed by atoms with van der Waals surface area (Å²) in [6.07, 6.45) is 0.751. The summed E-state index contributed by atoms with van der Waals surface area (Å²) < 4.78 is 24.5. The van der Waals surface area contributed by atoms with Gasteiger partial charge in [-0.05, 0) is 31.2 Å². The predicted octanol–water partition coefficient (Wildman–Crippen LogP) is 2.63. The molecule has 1 aliphatic rings. The molecule has 2 N–H and O–H groups in total. The Morgan fingerprint density at radius 3 is 2.88 bits per heavy atom. The van der Waals surface area contributed by atoms with Crippen LogP contribution in [0.1, 0.15) is 6.92 Å². The second-order valence-corrected chi connectivity index (χ2v) is 5.78. The fourth-order valence-electron chi connectivity index (χ4n) is 2.74. The van der Waals surface area contributed by atoms with Crippen molar-refractivity contribution in [1.82, 2.24) is 9.88 Å². The van der Waals surface area contributed by atoms with E-state index in [2.05, 4.69) is 10.3 Å². The van der Waals surface area contributed by atoms with Gasteiger partial charge in [0.2, 0.25) is 5.88 Å². The molecule has 0 unspecified atom stereocenters. The van der Waals surface area contributed by atoms with Crippen molar-refractivity contribution in [2.24, 2.45) is 0 Å². The predicted molar refractivity (Wildman–Crippen MR) is 92.7 cm³/mol. The van der Waals surface area contributed by atoms with Crippen LogP contribution in [-0.2, 0) is 4.74 Å². The molecule has 1 saturated heterocycles. The molecule has 1 aromatic carbocycles. The molecule has 2 aromatic rings. The Balaban J connectivity index is 1.77. The van der Waals surface area contributed by atoms with Gasteiger partial charge in [0.1, 0.15) is 5.69 Å². The molecule has 2 amide bonds. The molecule has 1 aromatic heterocycles. The number of urea groups is 1. The third kappa shape index (κ3) is 3.92. The fraction of sp³-hybridized carbons (Fsp3) is 0.333. The summed E-state index contributed by atoms with van der Waals surface area (Å²) in [6.45, 7) is 2.67.